The highest BCUT2D eigenvalue weighted by Crippen LogP contribution is 2.10. The van der Waals surface area contributed by atoms with Crippen molar-refractivity contribution < 1.29 is 4.79 Å². The van der Waals surface area contributed by atoms with Gasteiger partial charge < -0.3 is 5.32 Å². The molecule has 1 unspecified atom stereocenters. The molecular weight excluding hydrogens is 289 g/mol. The number of alkyl halides is 1. The fraction of sp³-hybridized carbons (Fsp3) is 0.417. The van der Waals surface area contributed by atoms with Crippen LogP contribution in [0.25, 0.3) is 0 Å². The zero-order valence-electron chi connectivity index (χ0n) is 9.17. The number of amides is 1. The summed E-state index contributed by atoms with van der Waals surface area (Å²) >= 11 is 9.27. The van der Waals surface area contributed by atoms with Gasteiger partial charge in [-0.25, -0.2) is 0 Å². The average molecular weight is 305 g/mol. The summed E-state index contributed by atoms with van der Waals surface area (Å²) in [4.78, 5) is 12.1. The maximum absolute atomic E-state index is 11.7. The van der Waals surface area contributed by atoms with Gasteiger partial charge in [0.2, 0.25) is 0 Å². The Hall–Kier alpha value is -0.540. The Morgan fingerprint density at radius 1 is 1.44 bits per heavy atom. The quantitative estimate of drug-likeness (QED) is 0.827. The van der Waals surface area contributed by atoms with Gasteiger partial charge in [-0.3, -0.25) is 4.79 Å². The molecule has 4 heteroatoms. The monoisotopic (exact) mass is 303 g/mol. The molecular formula is C12H15BrClNO. The Balaban J connectivity index is 2.38. The van der Waals surface area contributed by atoms with Crippen molar-refractivity contribution in [1.29, 1.82) is 0 Å². The van der Waals surface area contributed by atoms with E-state index in [1.807, 2.05) is 0 Å². The van der Waals surface area contributed by atoms with Gasteiger partial charge in [-0.05, 0) is 37.1 Å². The molecule has 1 rings (SSSR count). The molecule has 88 valence electrons. The number of hydrogen-bond acceptors (Lipinski definition) is 1. The van der Waals surface area contributed by atoms with Crippen molar-refractivity contribution >= 4 is 33.4 Å². The fourth-order valence-corrected chi connectivity index (χ4v) is 1.60. The third-order valence-electron chi connectivity index (χ3n) is 2.29. The summed E-state index contributed by atoms with van der Waals surface area (Å²) in [6.07, 6.45) is 2.01. The maximum Gasteiger partial charge on any atom is 0.251 e. The van der Waals surface area contributed by atoms with Crippen molar-refractivity contribution in [3.8, 4) is 0 Å². The first kappa shape index (κ1) is 13.5. The van der Waals surface area contributed by atoms with Gasteiger partial charge in [0.15, 0.2) is 0 Å². The molecule has 0 aliphatic rings. The third kappa shape index (κ3) is 4.54. The Labute approximate surface area is 110 Å². The molecule has 1 aromatic rings. The van der Waals surface area contributed by atoms with Gasteiger partial charge in [0.05, 0.1) is 0 Å². The van der Waals surface area contributed by atoms with Crippen molar-refractivity contribution in [2.75, 3.05) is 6.54 Å². The number of carbonyl (C=O) groups is 1. The van der Waals surface area contributed by atoms with Crippen LogP contribution in [0.2, 0.25) is 5.02 Å². The SMILES string of the molecule is CCC(Br)CCNC(=O)c1ccc(Cl)cc1. The van der Waals surface area contributed by atoms with Crippen LogP contribution < -0.4 is 5.32 Å². The van der Waals surface area contributed by atoms with Gasteiger partial charge in [-0.15, -0.1) is 0 Å². The van der Waals surface area contributed by atoms with E-state index in [0.717, 1.165) is 12.8 Å². The third-order valence-corrected chi connectivity index (χ3v) is 3.65. The number of rotatable bonds is 5. The second-order valence-electron chi connectivity index (χ2n) is 3.56. The van der Waals surface area contributed by atoms with Crippen molar-refractivity contribution in [2.45, 2.75) is 24.6 Å². The summed E-state index contributed by atoms with van der Waals surface area (Å²) in [5.74, 6) is -0.0486. The van der Waals surface area contributed by atoms with E-state index in [9.17, 15) is 4.79 Å². The lowest BCUT2D eigenvalue weighted by Crippen LogP contribution is -2.25. The molecule has 0 aliphatic carbocycles. The molecule has 0 radical (unpaired) electrons. The normalized spacial score (nSPS) is 12.2. The van der Waals surface area contributed by atoms with E-state index in [0.29, 0.717) is 22.0 Å². The van der Waals surface area contributed by atoms with E-state index in [2.05, 4.69) is 28.2 Å². The van der Waals surface area contributed by atoms with Gasteiger partial charge >= 0.3 is 0 Å². The van der Waals surface area contributed by atoms with Crippen LogP contribution in [0.5, 0.6) is 0 Å². The van der Waals surface area contributed by atoms with Crippen LogP contribution >= 0.6 is 27.5 Å². The maximum atomic E-state index is 11.7. The molecule has 0 aliphatic heterocycles. The lowest BCUT2D eigenvalue weighted by atomic mass is 10.2. The van der Waals surface area contributed by atoms with Crippen molar-refractivity contribution in [2.24, 2.45) is 0 Å². The second-order valence-corrected chi connectivity index (χ2v) is 5.29. The summed E-state index contributed by atoms with van der Waals surface area (Å²) in [5.41, 5.74) is 0.645. The van der Waals surface area contributed by atoms with Crippen molar-refractivity contribution in [1.82, 2.24) is 5.32 Å². The van der Waals surface area contributed by atoms with Crippen LogP contribution in [0.1, 0.15) is 30.1 Å². The summed E-state index contributed by atoms with van der Waals surface area (Å²) in [6, 6.07) is 6.89. The molecule has 0 heterocycles. The Morgan fingerprint density at radius 3 is 2.62 bits per heavy atom. The molecule has 1 amide bonds. The number of hydrogen-bond donors (Lipinski definition) is 1. The predicted molar refractivity (Wildman–Crippen MR) is 71.4 cm³/mol. The summed E-state index contributed by atoms with van der Waals surface area (Å²) in [5, 5.41) is 3.51. The van der Waals surface area contributed by atoms with Gasteiger partial charge in [0.25, 0.3) is 5.91 Å². The molecule has 1 atom stereocenters. The molecule has 16 heavy (non-hydrogen) atoms. The second kappa shape index (κ2) is 6.92. The molecule has 0 saturated heterocycles. The topological polar surface area (TPSA) is 29.1 Å². The Kier molecular flexibility index (Phi) is 5.85. The van der Waals surface area contributed by atoms with Crippen molar-refractivity contribution in [3.05, 3.63) is 34.9 Å². The highest BCUT2D eigenvalue weighted by Gasteiger charge is 2.05. The number of benzene rings is 1. The van der Waals surface area contributed by atoms with Crippen molar-refractivity contribution in [3.63, 3.8) is 0 Å². The summed E-state index contributed by atoms with van der Waals surface area (Å²) < 4.78 is 0. The standard InChI is InChI=1S/C12H15BrClNO/c1-2-10(13)7-8-15-12(16)9-3-5-11(14)6-4-9/h3-6,10H,2,7-8H2,1H3,(H,15,16). The van der Waals surface area contributed by atoms with E-state index in [-0.39, 0.29) is 5.91 Å². The van der Waals surface area contributed by atoms with Crippen LogP contribution in [-0.2, 0) is 0 Å². The molecule has 2 nitrogen and oxygen atoms in total. The molecule has 0 saturated carbocycles. The lowest BCUT2D eigenvalue weighted by molar-refractivity contribution is 0.0953. The summed E-state index contributed by atoms with van der Waals surface area (Å²) in [7, 11) is 0. The Bertz CT molecular complexity index is 339. The molecule has 1 aromatic carbocycles. The van der Waals surface area contributed by atoms with Gasteiger partial charge in [0.1, 0.15) is 0 Å². The Morgan fingerprint density at radius 2 is 2.06 bits per heavy atom. The van der Waals surface area contributed by atoms with Crippen LogP contribution in [0.3, 0.4) is 0 Å². The highest BCUT2D eigenvalue weighted by atomic mass is 79.9. The van der Waals surface area contributed by atoms with Gasteiger partial charge in [-0.1, -0.05) is 34.5 Å². The van der Waals surface area contributed by atoms with Gasteiger partial charge in [-0.2, -0.15) is 0 Å². The predicted octanol–water partition coefficient (Wildman–Crippen LogP) is 3.63. The first-order valence-electron chi connectivity index (χ1n) is 5.31. The van der Waals surface area contributed by atoms with E-state index in [4.69, 9.17) is 11.6 Å². The average Bonchev–Trinajstić information content (AvgIpc) is 2.29. The molecule has 0 fully saturated rings. The fourth-order valence-electron chi connectivity index (χ4n) is 1.25. The van der Waals surface area contributed by atoms with Crippen LogP contribution in [0.4, 0.5) is 0 Å². The minimum Gasteiger partial charge on any atom is -0.352 e. The number of nitrogens with one attached hydrogen (secondary N) is 1. The molecule has 0 bridgehead atoms. The van der Waals surface area contributed by atoms with Crippen LogP contribution in [0.15, 0.2) is 24.3 Å². The van der Waals surface area contributed by atoms with E-state index >= 15 is 0 Å². The molecule has 0 aromatic heterocycles. The zero-order chi connectivity index (χ0) is 12.0. The minimum atomic E-state index is -0.0486. The van der Waals surface area contributed by atoms with Crippen LogP contribution in [-0.4, -0.2) is 17.3 Å². The van der Waals surface area contributed by atoms with E-state index < -0.39 is 0 Å². The number of carbonyl (C=O) groups excluding carboxylic acids is 1. The smallest absolute Gasteiger partial charge is 0.251 e. The first-order chi connectivity index (χ1) is 7.63. The first-order valence-corrected chi connectivity index (χ1v) is 6.60. The van der Waals surface area contributed by atoms with E-state index in [1.54, 1.807) is 24.3 Å². The van der Waals surface area contributed by atoms with Crippen LogP contribution in [0, 0.1) is 0 Å². The van der Waals surface area contributed by atoms with Gasteiger partial charge in [0, 0.05) is 22.0 Å². The molecule has 1 N–H and O–H groups in total. The number of halogens is 2. The minimum absolute atomic E-state index is 0.0486. The molecule has 0 spiro atoms. The lowest BCUT2D eigenvalue weighted by Gasteiger charge is -2.08. The summed E-state index contributed by atoms with van der Waals surface area (Å²) in [6.45, 7) is 2.80. The van der Waals surface area contributed by atoms with E-state index in [1.165, 1.54) is 0 Å². The highest BCUT2D eigenvalue weighted by molar-refractivity contribution is 9.09. The largest absolute Gasteiger partial charge is 0.352 e. The zero-order valence-corrected chi connectivity index (χ0v) is 11.5.